The van der Waals surface area contributed by atoms with Crippen LogP contribution in [0.25, 0.3) is 0 Å². The first kappa shape index (κ1) is 17.9. The molecule has 5 heteroatoms. The molecule has 140 valence electrons. The lowest BCUT2D eigenvalue weighted by molar-refractivity contribution is -0.146. The van der Waals surface area contributed by atoms with Gasteiger partial charge in [0.15, 0.2) is 0 Å². The van der Waals surface area contributed by atoms with E-state index in [1.54, 1.807) is 0 Å². The molecule has 5 nitrogen and oxygen atoms in total. The fourth-order valence-electron chi connectivity index (χ4n) is 4.30. The van der Waals surface area contributed by atoms with Gasteiger partial charge in [-0.05, 0) is 17.5 Å². The minimum Gasteiger partial charge on any atom is -0.297 e. The summed E-state index contributed by atoms with van der Waals surface area (Å²) in [5.41, 5.74) is 1.55. The van der Waals surface area contributed by atoms with Crippen molar-refractivity contribution in [3.63, 3.8) is 0 Å². The van der Waals surface area contributed by atoms with E-state index < -0.39 is 5.54 Å². The Hall–Kier alpha value is -2.50. The number of carbonyl (C=O) groups is 2. The van der Waals surface area contributed by atoms with Crippen molar-refractivity contribution in [1.29, 1.82) is 0 Å². The number of carbonyl (C=O) groups excluding carboxylic acids is 2. The summed E-state index contributed by atoms with van der Waals surface area (Å²) in [6.07, 6.45) is 0.922. The van der Waals surface area contributed by atoms with Gasteiger partial charge in [-0.15, -0.1) is 0 Å². The molecule has 1 unspecified atom stereocenters. The molecule has 1 atom stereocenters. The van der Waals surface area contributed by atoms with Gasteiger partial charge in [-0.3, -0.25) is 24.7 Å². The van der Waals surface area contributed by atoms with Crippen molar-refractivity contribution in [2.45, 2.75) is 24.9 Å². The number of nitrogens with zero attached hydrogens (tertiary/aromatic N) is 2. The average Bonchev–Trinajstić information content (AvgIpc) is 2.71. The summed E-state index contributed by atoms with van der Waals surface area (Å²) in [5.74, 6) is -0.351. The Morgan fingerprint density at radius 1 is 0.852 bits per heavy atom. The van der Waals surface area contributed by atoms with Crippen LogP contribution in [0.5, 0.6) is 0 Å². The van der Waals surface area contributed by atoms with Crippen molar-refractivity contribution in [2.75, 3.05) is 26.2 Å². The number of nitrogens with one attached hydrogen (secondary N) is 1. The van der Waals surface area contributed by atoms with Gasteiger partial charge >= 0.3 is 0 Å². The van der Waals surface area contributed by atoms with E-state index in [0.717, 1.165) is 38.3 Å². The number of hydrogen-bond donors (Lipinski definition) is 1. The Morgan fingerprint density at radius 2 is 1.48 bits per heavy atom. The van der Waals surface area contributed by atoms with Crippen molar-refractivity contribution in [3.05, 3.63) is 71.8 Å². The van der Waals surface area contributed by atoms with E-state index in [9.17, 15) is 9.59 Å². The van der Waals surface area contributed by atoms with Crippen LogP contribution in [0.2, 0.25) is 0 Å². The lowest BCUT2D eigenvalue weighted by atomic mass is 9.80. The molecule has 0 aliphatic carbocycles. The first-order chi connectivity index (χ1) is 13.2. The summed E-state index contributed by atoms with van der Waals surface area (Å²) in [4.78, 5) is 29.5. The van der Waals surface area contributed by atoms with E-state index >= 15 is 0 Å². The summed E-state index contributed by atoms with van der Waals surface area (Å²) in [6, 6.07) is 20.4. The summed E-state index contributed by atoms with van der Waals surface area (Å²) in [6.45, 7) is 4.36. The van der Waals surface area contributed by atoms with Crippen LogP contribution in [0.3, 0.4) is 0 Å². The normalized spacial score (nSPS) is 24.6. The molecule has 2 heterocycles. The van der Waals surface area contributed by atoms with Crippen LogP contribution >= 0.6 is 0 Å². The molecule has 0 bridgehead atoms. The Balaban J connectivity index is 1.53. The van der Waals surface area contributed by atoms with Crippen LogP contribution < -0.4 is 5.32 Å². The molecule has 1 N–H and O–H groups in total. The van der Waals surface area contributed by atoms with Crippen LogP contribution in [-0.2, 0) is 21.7 Å². The van der Waals surface area contributed by atoms with Gasteiger partial charge in [0.1, 0.15) is 5.54 Å². The van der Waals surface area contributed by atoms with Gasteiger partial charge in [-0.25, -0.2) is 0 Å². The molecule has 2 aromatic carbocycles. The van der Waals surface area contributed by atoms with E-state index in [4.69, 9.17) is 0 Å². The zero-order valence-electron chi connectivity index (χ0n) is 15.4. The number of imide groups is 1. The Morgan fingerprint density at radius 3 is 2.11 bits per heavy atom. The third-order valence-corrected chi connectivity index (χ3v) is 5.75. The lowest BCUT2D eigenvalue weighted by Gasteiger charge is -2.48. The van der Waals surface area contributed by atoms with E-state index in [0.29, 0.717) is 12.8 Å². The number of hydrogen-bond acceptors (Lipinski definition) is 4. The molecule has 27 heavy (non-hydrogen) atoms. The van der Waals surface area contributed by atoms with Gasteiger partial charge in [0.05, 0.1) is 0 Å². The lowest BCUT2D eigenvalue weighted by Crippen LogP contribution is -2.64. The van der Waals surface area contributed by atoms with Crippen LogP contribution in [0, 0.1) is 0 Å². The van der Waals surface area contributed by atoms with Crippen LogP contribution in [0.15, 0.2) is 60.7 Å². The topological polar surface area (TPSA) is 52.7 Å². The molecular formula is C22H25N3O2. The standard InChI is InChI=1S/C22H25N3O2/c26-20-11-12-22(21(27)23-20,19-9-5-2-6-10-19)25-15-13-24(14-16-25)17-18-7-3-1-4-8-18/h1-10H,11-17H2,(H,23,26,27). The molecule has 0 saturated carbocycles. The molecule has 0 spiro atoms. The van der Waals surface area contributed by atoms with Crippen molar-refractivity contribution in [2.24, 2.45) is 0 Å². The maximum Gasteiger partial charge on any atom is 0.251 e. The zero-order valence-corrected chi connectivity index (χ0v) is 15.4. The first-order valence-corrected chi connectivity index (χ1v) is 9.60. The highest BCUT2D eigenvalue weighted by Crippen LogP contribution is 2.37. The molecule has 2 amide bonds. The number of piperazine rings is 1. The highest BCUT2D eigenvalue weighted by Gasteiger charge is 2.49. The van der Waals surface area contributed by atoms with Gasteiger partial charge < -0.3 is 0 Å². The van der Waals surface area contributed by atoms with Crippen LogP contribution in [0.4, 0.5) is 0 Å². The predicted molar refractivity (Wildman–Crippen MR) is 104 cm³/mol. The molecular weight excluding hydrogens is 338 g/mol. The van der Waals surface area contributed by atoms with Gasteiger partial charge in [-0.1, -0.05) is 60.7 Å². The first-order valence-electron chi connectivity index (χ1n) is 9.60. The quantitative estimate of drug-likeness (QED) is 0.846. The number of amides is 2. The molecule has 4 rings (SSSR count). The molecule has 2 aliphatic heterocycles. The summed E-state index contributed by atoms with van der Waals surface area (Å²) >= 11 is 0. The van der Waals surface area contributed by atoms with Crippen molar-refractivity contribution >= 4 is 11.8 Å². The molecule has 2 aliphatic rings. The van der Waals surface area contributed by atoms with E-state index in [-0.39, 0.29) is 11.8 Å². The second kappa shape index (κ2) is 7.62. The monoisotopic (exact) mass is 363 g/mol. The maximum absolute atomic E-state index is 13.0. The van der Waals surface area contributed by atoms with Crippen LogP contribution in [-0.4, -0.2) is 47.8 Å². The highest BCUT2D eigenvalue weighted by molar-refractivity contribution is 6.03. The fourth-order valence-corrected chi connectivity index (χ4v) is 4.30. The Labute approximate surface area is 160 Å². The smallest absolute Gasteiger partial charge is 0.251 e. The third-order valence-electron chi connectivity index (χ3n) is 5.75. The van der Waals surface area contributed by atoms with Gasteiger partial charge in [0.2, 0.25) is 5.91 Å². The number of piperidine rings is 1. The molecule has 2 saturated heterocycles. The van der Waals surface area contributed by atoms with Crippen molar-refractivity contribution < 1.29 is 9.59 Å². The average molecular weight is 363 g/mol. The fraction of sp³-hybridized carbons (Fsp3) is 0.364. The third kappa shape index (κ3) is 3.53. The van der Waals surface area contributed by atoms with Gasteiger partial charge in [0, 0.05) is 39.1 Å². The molecule has 2 aromatic rings. The predicted octanol–water partition coefficient (Wildman–Crippen LogP) is 2.14. The molecule has 2 fully saturated rings. The number of benzene rings is 2. The van der Waals surface area contributed by atoms with Gasteiger partial charge in [0.25, 0.3) is 5.91 Å². The Kier molecular flexibility index (Phi) is 5.05. The minimum atomic E-state index is -0.742. The minimum absolute atomic E-state index is 0.172. The summed E-state index contributed by atoms with van der Waals surface area (Å²) in [7, 11) is 0. The molecule has 0 aromatic heterocycles. The summed E-state index contributed by atoms with van der Waals surface area (Å²) < 4.78 is 0. The van der Waals surface area contributed by atoms with E-state index in [1.807, 2.05) is 36.4 Å². The van der Waals surface area contributed by atoms with Crippen molar-refractivity contribution in [1.82, 2.24) is 15.1 Å². The van der Waals surface area contributed by atoms with Gasteiger partial charge in [-0.2, -0.15) is 0 Å². The highest BCUT2D eigenvalue weighted by atomic mass is 16.2. The SMILES string of the molecule is O=C1CCC(c2ccccc2)(N2CCN(Cc3ccccc3)CC2)C(=O)N1. The summed E-state index contributed by atoms with van der Waals surface area (Å²) in [5, 5.41) is 2.58. The largest absolute Gasteiger partial charge is 0.297 e. The maximum atomic E-state index is 13.0. The van der Waals surface area contributed by atoms with Crippen molar-refractivity contribution in [3.8, 4) is 0 Å². The molecule has 0 radical (unpaired) electrons. The Bertz CT molecular complexity index is 801. The van der Waals surface area contributed by atoms with Crippen LogP contribution in [0.1, 0.15) is 24.0 Å². The van der Waals surface area contributed by atoms with E-state index in [1.165, 1.54) is 5.56 Å². The van der Waals surface area contributed by atoms with E-state index in [2.05, 4.69) is 39.4 Å². The number of rotatable bonds is 4. The second-order valence-corrected chi connectivity index (χ2v) is 7.35. The zero-order chi connectivity index (χ0) is 18.7. The second-order valence-electron chi connectivity index (χ2n) is 7.35.